The first-order valence-electron chi connectivity index (χ1n) is 8.00. The molecule has 0 saturated heterocycles. The smallest absolute Gasteiger partial charge is 0.319 e. The van der Waals surface area contributed by atoms with Gasteiger partial charge < -0.3 is 24.9 Å². The molecule has 0 bridgehead atoms. The van der Waals surface area contributed by atoms with Crippen LogP contribution in [0.5, 0.6) is 5.75 Å². The first-order valence-corrected chi connectivity index (χ1v) is 8.00. The molecular weight excluding hydrogens is 308 g/mol. The van der Waals surface area contributed by atoms with Crippen LogP contribution >= 0.6 is 0 Å². The molecule has 0 saturated carbocycles. The van der Waals surface area contributed by atoms with Crippen LogP contribution in [0.3, 0.4) is 0 Å². The number of benzene rings is 1. The standard InChI is InChI=1S/C18H24N2O4/c1-12(2)24-16-8-5-4-7-14(16)20-18(22)19-13(3)11-15(21)17-9-6-10-23-17/h4-10,12-13,15,21H,11H2,1-3H3,(H2,19,20,22). The van der Waals surface area contributed by atoms with Crippen LogP contribution in [0.15, 0.2) is 47.1 Å². The van der Waals surface area contributed by atoms with Gasteiger partial charge in [0.25, 0.3) is 0 Å². The van der Waals surface area contributed by atoms with Gasteiger partial charge in [-0.2, -0.15) is 0 Å². The third-order valence-electron chi connectivity index (χ3n) is 3.32. The van der Waals surface area contributed by atoms with Crippen LogP contribution in [-0.2, 0) is 0 Å². The number of rotatable bonds is 7. The topological polar surface area (TPSA) is 83.7 Å². The monoisotopic (exact) mass is 332 g/mol. The van der Waals surface area contributed by atoms with Gasteiger partial charge in [0.15, 0.2) is 0 Å². The number of furan rings is 1. The van der Waals surface area contributed by atoms with Crippen LogP contribution in [0.4, 0.5) is 10.5 Å². The Morgan fingerprint density at radius 3 is 2.62 bits per heavy atom. The number of hydrogen-bond acceptors (Lipinski definition) is 4. The molecule has 0 aliphatic rings. The zero-order chi connectivity index (χ0) is 17.5. The molecule has 0 aliphatic carbocycles. The second-order valence-corrected chi connectivity index (χ2v) is 5.93. The van der Waals surface area contributed by atoms with Crippen molar-refractivity contribution in [2.24, 2.45) is 0 Å². The summed E-state index contributed by atoms with van der Waals surface area (Å²) in [6, 6.07) is 10.1. The lowest BCUT2D eigenvalue weighted by molar-refractivity contribution is 0.130. The van der Waals surface area contributed by atoms with Crippen molar-refractivity contribution >= 4 is 11.7 Å². The number of anilines is 1. The van der Waals surface area contributed by atoms with Gasteiger partial charge in [-0.3, -0.25) is 0 Å². The van der Waals surface area contributed by atoms with Gasteiger partial charge in [0, 0.05) is 12.5 Å². The molecule has 2 atom stereocenters. The van der Waals surface area contributed by atoms with E-state index >= 15 is 0 Å². The van der Waals surface area contributed by atoms with Crippen LogP contribution in [0.1, 0.15) is 39.1 Å². The van der Waals surface area contributed by atoms with E-state index in [-0.39, 0.29) is 18.2 Å². The minimum atomic E-state index is -0.758. The van der Waals surface area contributed by atoms with Crippen molar-refractivity contribution in [1.29, 1.82) is 0 Å². The van der Waals surface area contributed by atoms with Crippen molar-refractivity contribution in [3.05, 3.63) is 48.4 Å². The number of para-hydroxylation sites is 2. The molecule has 3 N–H and O–H groups in total. The summed E-state index contributed by atoms with van der Waals surface area (Å²) in [5.41, 5.74) is 0.600. The summed E-state index contributed by atoms with van der Waals surface area (Å²) in [7, 11) is 0. The summed E-state index contributed by atoms with van der Waals surface area (Å²) in [6.07, 6.45) is 1.12. The van der Waals surface area contributed by atoms with Gasteiger partial charge in [0.05, 0.1) is 18.1 Å². The summed E-state index contributed by atoms with van der Waals surface area (Å²) >= 11 is 0. The summed E-state index contributed by atoms with van der Waals surface area (Å²) < 4.78 is 10.8. The van der Waals surface area contributed by atoms with Crippen molar-refractivity contribution in [2.75, 3.05) is 5.32 Å². The van der Waals surface area contributed by atoms with E-state index in [9.17, 15) is 9.90 Å². The Hall–Kier alpha value is -2.47. The van der Waals surface area contributed by atoms with Crippen molar-refractivity contribution < 1.29 is 19.1 Å². The summed E-state index contributed by atoms with van der Waals surface area (Å²) in [5, 5.41) is 15.6. The Balaban J connectivity index is 1.89. The minimum absolute atomic E-state index is 0.0124. The molecular formula is C18H24N2O4. The highest BCUT2D eigenvalue weighted by molar-refractivity contribution is 5.91. The van der Waals surface area contributed by atoms with Gasteiger partial charge in [0.1, 0.15) is 17.6 Å². The van der Waals surface area contributed by atoms with Crippen LogP contribution in [0.2, 0.25) is 0 Å². The van der Waals surface area contributed by atoms with E-state index < -0.39 is 6.10 Å². The Kier molecular flexibility index (Phi) is 6.26. The number of carbonyl (C=O) groups is 1. The van der Waals surface area contributed by atoms with E-state index in [0.29, 0.717) is 23.6 Å². The zero-order valence-electron chi connectivity index (χ0n) is 14.2. The highest BCUT2D eigenvalue weighted by atomic mass is 16.5. The average Bonchev–Trinajstić information content (AvgIpc) is 3.02. The predicted molar refractivity (Wildman–Crippen MR) is 92.1 cm³/mol. The molecule has 1 aromatic carbocycles. The van der Waals surface area contributed by atoms with E-state index in [1.165, 1.54) is 6.26 Å². The molecule has 24 heavy (non-hydrogen) atoms. The number of urea groups is 1. The molecule has 1 heterocycles. The third-order valence-corrected chi connectivity index (χ3v) is 3.32. The lowest BCUT2D eigenvalue weighted by Gasteiger charge is -2.19. The molecule has 130 valence electrons. The number of hydrogen-bond donors (Lipinski definition) is 3. The van der Waals surface area contributed by atoms with Gasteiger partial charge >= 0.3 is 6.03 Å². The quantitative estimate of drug-likeness (QED) is 0.722. The van der Waals surface area contributed by atoms with E-state index in [1.807, 2.05) is 32.9 Å². The molecule has 0 aliphatic heterocycles. The summed E-state index contributed by atoms with van der Waals surface area (Å²) in [5.74, 6) is 1.10. The van der Waals surface area contributed by atoms with Crippen LogP contribution in [-0.4, -0.2) is 23.3 Å². The largest absolute Gasteiger partial charge is 0.489 e. The van der Waals surface area contributed by atoms with Crippen molar-refractivity contribution in [2.45, 2.75) is 45.4 Å². The van der Waals surface area contributed by atoms with Crippen molar-refractivity contribution in [3.8, 4) is 5.75 Å². The third kappa shape index (κ3) is 5.31. The first kappa shape index (κ1) is 17.9. The lowest BCUT2D eigenvalue weighted by Crippen LogP contribution is -2.37. The molecule has 1 aromatic heterocycles. The lowest BCUT2D eigenvalue weighted by atomic mass is 10.1. The molecule has 0 spiro atoms. The number of ether oxygens (including phenoxy) is 1. The molecule has 2 amide bonds. The zero-order valence-corrected chi connectivity index (χ0v) is 14.2. The van der Waals surface area contributed by atoms with Crippen molar-refractivity contribution in [1.82, 2.24) is 5.32 Å². The van der Waals surface area contributed by atoms with Crippen LogP contribution in [0, 0.1) is 0 Å². The summed E-state index contributed by atoms with van der Waals surface area (Å²) in [6.45, 7) is 5.67. The van der Waals surface area contributed by atoms with Crippen LogP contribution < -0.4 is 15.4 Å². The normalized spacial score (nSPS) is 13.4. The number of carbonyl (C=O) groups excluding carboxylic acids is 1. The molecule has 0 fully saturated rings. The first-order chi connectivity index (χ1) is 11.5. The van der Waals surface area contributed by atoms with Gasteiger partial charge in [0.2, 0.25) is 0 Å². The number of aliphatic hydroxyl groups excluding tert-OH is 1. The van der Waals surface area contributed by atoms with Gasteiger partial charge in [-0.15, -0.1) is 0 Å². The fourth-order valence-corrected chi connectivity index (χ4v) is 2.30. The second kappa shape index (κ2) is 8.40. The number of aliphatic hydroxyl groups is 1. The van der Waals surface area contributed by atoms with Gasteiger partial charge in [-0.05, 0) is 45.0 Å². The molecule has 0 radical (unpaired) electrons. The molecule has 2 unspecified atom stereocenters. The molecule has 2 aromatic rings. The maximum atomic E-state index is 12.1. The molecule has 2 rings (SSSR count). The predicted octanol–water partition coefficient (Wildman–Crippen LogP) is 3.70. The van der Waals surface area contributed by atoms with E-state index in [0.717, 1.165) is 0 Å². The highest BCUT2D eigenvalue weighted by Crippen LogP contribution is 2.25. The summed E-state index contributed by atoms with van der Waals surface area (Å²) in [4.78, 5) is 12.1. The Morgan fingerprint density at radius 1 is 1.21 bits per heavy atom. The SMILES string of the molecule is CC(CC(O)c1ccco1)NC(=O)Nc1ccccc1OC(C)C. The second-order valence-electron chi connectivity index (χ2n) is 5.93. The maximum absolute atomic E-state index is 12.1. The number of nitrogens with one attached hydrogen (secondary N) is 2. The van der Waals surface area contributed by atoms with Crippen LogP contribution in [0.25, 0.3) is 0 Å². The van der Waals surface area contributed by atoms with Gasteiger partial charge in [-0.1, -0.05) is 12.1 Å². The maximum Gasteiger partial charge on any atom is 0.319 e. The Morgan fingerprint density at radius 2 is 1.96 bits per heavy atom. The van der Waals surface area contributed by atoms with E-state index in [2.05, 4.69) is 10.6 Å². The highest BCUT2D eigenvalue weighted by Gasteiger charge is 2.17. The van der Waals surface area contributed by atoms with E-state index in [4.69, 9.17) is 9.15 Å². The fraction of sp³-hybridized carbons (Fsp3) is 0.389. The fourth-order valence-electron chi connectivity index (χ4n) is 2.30. The Labute approximate surface area is 141 Å². The average molecular weight is 332 g/mol. The van der Waals surface area contributed by atoms with Gasteiger partial charge in [-0.25, -0.2) is 4.79 Å². The van der Waals surface area contributed by atoms with E-state index in [1.54, 1.807) is 24.3 Å². The number of amides is 2. The molecule has 6 nitrogen and oxygen atoms in total. The minimum Gasteiger partial charge on any atom is -0.489 e. The molecule has 6 heteroatoms. The Bertz CT molecular complexity index is 640. The van der Waals surface area contributed by atoms with Crippen molar-refractivity contribution in [3.63, 3.8) is 0 Å².